The summed E-state index contributed by atoms with van der Waals surface area (Å²) in [5.41, 5.74) is 0. The van der Waals surface area contributed by atoms with Gasteiger partial charge in [0.2, 0.25) is 5.91 Å². The maximum absolute atomic E-state index is 12.3. The summed E-state index contributed by atoms with van der Waals surface area (Å²) in [7, 11) is -1.11. The van der Waals surface area contributed by atoms with Gasteiger partial charge in [-0.2, -0.15) is 0 Å². The first kappa shape index (κ1) is 19.7. The summed E-state index contributed by atoms with van der Waals surface area (Å²) in [5, 5.41) is 12.1. The molecule has 2 aliphatic rings. The fraction of sp³-hybridized carbons (Fsp3) is 0.824. The Bertz CT molecular complexity index is 724. The molecule has 1 aromatic rings. The number of amides is 1. The van der Waals surface area contributed by atoms with Crippen LogP contribution in [0.5, 0.6) is 0 Å². The van der Waals surface area contributed by atoms with Crippen molar-refractivity contribution in [3.8, 4) is 0 Å². The van der Waals surface area contributed by atoms with Crippen molar-refractivity contribution in [3.05, 3.63) is 5.82 Å². The molecule has 0 radical (unpaired) electrons. The molecule has 3 rings (SSSR count). The number of carbonyl (C=O) groups excluding carboxylic acids is 1. The number of nitrogens with one attached hydrogen (secondary N) is 1. The summed E-state index contributed by atoms with van der Waals surface area (Å²) < 4.78 is 25.2. The Morgan fingerprint density at radius 2 is 1.85 bits per heavy atom. The van der Waals surface area contributed by atoms with Crippen molar-refractivity contribution in [1.82, 2.24) is 20.1 Å². The minimum atomic E-state index is -2.95. The molecule has 1 saturated carbocycles. The van der Waals surface area contributed by atoms with Crippen LogP contribution in [0, 0.1) is 0 Å². The van der Waals surface area contributed by atoms with E-state index in [1.54, 1.807) is 0 Å². The molecule has 1 aromatic heterocycles. The lowest BCUT2D eigenvalue weighted by Crippen LogP contribution is -2.36. The second-order valence-corrected chi connectivity index (χ2v) is 10.6. The molecular formula is C17H28N4O3S2. The van der Waals surface area contributed by atoms with E-state index in [-0.39, 0.29) is 23.3 Å². The van der Waals surface area contributed by atoms with Crippen LogP contribution in [0.15, 0.2) is 5.16 Å². The van der Waals surface area contributed by atoms with Crippen molar-refractivity contribution < 1.29 is 13.2 Å². The molecule has 1 amide bonds. The van der Waals surface area contributed by atoms with Gasteiger partial charge in [0, 0.05) is 19.0 Å². The van der Waals surface area contributed by atoms with Gasteiger partial charge in [-0.05, 0) is 19.3 Å². The zero-order chi connectivity index (χ0) is 18.6. The summed E-state index contributed by atoms with van der Waals surface area (Å²) in [6.45, 7) is 0. The van der Waals surface area contributed by atoms with Gasteiger partial charge >= 0.3 is 0 Å². The van der Waals surface area contributed by atoms with Gasteiger partial charge in [0.1, 0.15) is 5.82 Å². The molecule has 1 N–H and O–H groups in total. The molecule has 0 spiro atoms. The summed E-state index contributed by atoms with van der Waals surface area (Å²) in [6, 6.07) is 0.294. The monoisotopic (exact) mass is 400 g/mol. The van der Waals surface area contributed by atoms with E-state index >= 15 is 0 Å². The Hall–Kier alpha value is -1.09. The van der Waals surface area contributed by atoms with Crippen molar-refractivity contribution in [2.75, 3.05) is 17.3 Å². The van der Waals surface area contributed by atoms with Crippen LogP contribution in [0.3, 0.4) is 0 Å². The van der Waals surface area contributed by atoms with Crippen LogP contribution in [0.1, 0.15) is 63.1 Å². The van der Waals surface area contributed by atoms with E-state index in [0.29, 0.717) is 29.2 Å². The van der Waals surface area contributed by atoms with Crippen LogP contribution in [-0.4, -0.2) is 52.4 Å². The van der Waals surface area contributed by atoms with Crippen molar-refractivity contribution in [2.24, 2.45) is 7.05 Å². The zero-order valence-corrected chi connectivity index (χ0v) is 16.9. The second-order valence-electron chi connectivity index (χ2n) is 7.40. The minimum Gasteiger partial charge on any atom is -0.353 e. The summed E-state index contributed by atoms with van der Waals surface area (Å²) in [6.07, 6.45) is 8.96. The SMILES string of the molecule is Cn1c(SCC(=O)NC2CCCCCCC2)nnc1C1CCS(=O)(=O)C1. The smallest absolute Gasteiger partial charge is 0.230 e. The predicted molar refractivity (Wildman–Crippen MR) is 102 cm³/mol. The lowest BCUT2D eigenvalue weighted by molar-refractivity contribution is -0.119. The third-order valence-corrected chi connectivity index (χ3v) is 8.06. The van der Waals surface area contributed by atoms with Gasteiger partial charge in [-0.25, -0.2) is 8.42 Å². The molecule has 1 saturated heterocycles. The van der Waals surface area contributed by atoms with E-state index < -0.39 is 9.84 Å². The van der Waals surface area contributed by atoms with Crippen molar-refractivity contribution >= 4 is 27.5 Å². The van der Waals surface area contributed by atoms with Crippen LogP contribution < -0.4 is 5.32 Å². The Balaban J connectivity index is 1.51. The standard InChI is InChI=1S/C17H28N4O3S2/c1-21-16(13-9-10-26(23,24)12-13)19-20-17(21)25-11-15(22)18-14-7-5-3-2-4-6-8-14/h13-14H,2-12H2,1H3,(H,18,22). The van der Waals surface area contributed by atoms with E-state index in [1.807, 2.05) is 11.6 Å². The molecule has 1 unspecified atom stereocenters. The molecular weight excluding hydrogens is 372 g/mol. The van der Waals surface area contributed by atoms with E-state index in [2.05, 4.69) is 15.5 Å². The van der Waals surface area contributed by atoms with Gasteiger partial charge < -0.3 is 9.88 Å². The first-order chi connectivity index (χ1) is 12.4. The minimum absolute atomic E-state index is 0.0357. The summed E-state index contributed by atoms with van der Waals surface area (Å²) in [5.74, 6) is 1.33. The number of hydrogen-bond donors (Lipinski definition) is 1. The number of hydrogen-bond acceptors (Lipinski definition) is 6. The van der Waals surface area contributed by atoms with Crippen molar-refractivity contribution in [2.45, 2.75) is 68.5 Å². The first-order valence-electron chi connectivity index (χ1n) is 9.46. The number of nitrogens with zero attached hydrogens (tertiary/aromatic N) is 3. The highest BCUT2D eigenvalue weighted by molar-refractivity contribution is 7.99. The fourth-order valence-electron chi connectivity index (χ4n) is 3.81. The largest absolute Gasteiger partial charge is 0.353 e. The molecule has 26 heavy (non-hydrogen) atoms. The lowest BCUT2D eigenvalue weighted by atomic mass is 9.97. The summed E-state index contributed by atoms with van der Waals surface area (Å²) in [4.78, 5) is 12.3. The van der Waals surface area contributed by atoms with Crippen LogP contribution in [0.2, 0.25) is 0 Å². The summed E-state index contributed by atoms with van der Waals surface area (Å²) >= 11 is 1.36. The van der Waals surface area contributed by atoms with Crippen LogP contribution >= 0.6 is 11.8 Å². The Kier molecular flexibility index (Phi) is 6.60. The van der Waals surface area contributed by atoms with E-state index in [1.165, 1.54) is 43.9 Å². The molecule has 1 aliphatic carbocycles. The first-order valence-corrected chi connectivity index (χ1v) is 12.3. The number of thioether (sulfide) groups is 1. The topological polar surface area (TPSA) is 93.9 Å². The maximum atomic E-state index is 12.3. The number of rotatable bonds is 5. The molecule has 1 aliphatic heterocycles. The zero-order valence-electron chi connectivity index (χ0n) is 15.3. The van der Waals surface area contributed by atoms with Gasteiger partial charge in [-0.15, -0.1) is 10.2 Å². The van der Waals surface area contributed by atoms with E-state index in [0.717, 1.165) is 12.8 Å². The predicted octanol–water partition coefficient (Wildman–Crippen LogP) is 2.04. The third kappa shape index (κ3) is 5.22. The molecule has 7 nitrogen and oxygen atoms in total. The molecule has 146 valence electrons. The van der Waals surface area contributed by atoms with Gasteiger partial charge in [-0.3, -0.25) is 4.79 Å². The maximum Gasteiger partial charge on any atom is 0.230 e. The van der Waals surface area contributed by atoms with Crippen LogP contribution in [0.25, 0.3) is 0 Å². The average Bonchev–Trinajstić information content (AvgIpc) is 3.10. The molecule has 1 atom stereocenters. The van der Waals surface area contributed by atoms with E-state index in [4.69, 9.17) is 0 Å². The van der Waals surface area contributed by atoms with Gasteiger partial charge in [-0.1, -0.05) is 43.9 Å². The van der Waals surface area contributed by atoms with Gasteiger partial charge in [0.05, 0.1) is 17.3 Å². The highest BCUT2D eigenvalue weighted by Crippen LogP contribution is 2.29. The van der Waals surface area contributed by atoms with Crippen molar-refractivity contribution in [3.63, 3.8) is 0 Å². The highest BCUT2D eigenvalue weighted by Gasteiger charge is 2.32. The van der Waals surface area contributed by atoms with Crippen LogP contribution in [-0.2, 0) is 21.7 Å². The molecule has 0 bridgehead atoms. The Morgan fingerprint density at radius 1 is 1.15 bits per heavy atom. The normalized spacial score (nSPS) is 24.1. The molecule has 0 aromatic carbocycles. The van der Waals surface area contributed by atoms with Crippen LogP contribution in [0.4, 0.5) is 0 Å². The molecule has 2 fully saturated rings. The number of aromatic nitrogens is 3. The highest BCUT2D eigenvalue weighted by atomic mass is 32.2. The number of carbonyl (C=O) groups is 1. The van der Waals surface area contributed by atoms with Crippen molar-refractivity contribution in [1.29, 1.82) is 0 Å². The molecule has 2 heterocycles. The Labute approximate surface area is 159 Å². The van der Waals surface area contributed by atoms with Gasteiger partial charge in [0.25, 0.3) is 0 Å². The average molecular weight is 401 g/mol. The quantitative estimate of drug-likeness (QED) is 0.760. The van der Waals surface area contributed by atoms with Gasteiger partial charge in [0.15, 0.2) is 15.0 Å². The Morgan fingerprint density at radius 3 is 2.50 bits per heavy atom. The lowest BCUT2D eigenvalue weighted by Gasteiger charge is -2.20. The number of sulfone groups is 1. The van der Waals surface area contributed by atoms with E-state index in [9.17, 15) is 13.2 Å². The second kappa shape index (κ2) is 8.73. The molecule has 9 heteroatoms. The fourth-order valence-corrected chi connectivity index (χ4v) is 6.27. The third-order valence-electron chi connectivity index (χ3n) is 5.27.